The second-order valence-electron chi connectivity index (χ2n) is 2.48. The molecule has 1 aromatic carbocycles. The molecule has 0 aromatic heterocycles. The van der Waals surface area contributed by atoms with E-state index in [0.717, 1.165) is 16.6 Å². The van der Waals surface area contributed by atoms with Crippen molar-refractivity contribution in [3.05, 3.63) is 28.7 Å². The molecular weight excluding hydrogens is 228 g/mol. The van der Waals surface area contributed by atoms with Crippen molar-refractivity contribution < 1.29 is 4.74 Å². The van der Waals surface area contributed by atoms with Crippen LogP contribution < -0.4 is 4.74 Å². The highest BCUT2D eigenvalue weighted by Gasteiger charge is 1.91. The Hall–Kier alpha value is -0.940. The number of halogens is 1. The van der Waals surface area contributed by atoms with E-state index in [0.29, 0.717) is 6.61 Å². The van der Waals surface area contributed by atoms with Crippen LogP contribution in [0.5, 0.6) is 5.75 Å². The number of hydrogen-bond donors (Lipinski definition) is 0. The Morgan fingerprint density at radius 3 is 2.62 bits per heavy atom. The molecule has 0 unspecified atom stereocenters. The summed E-state index contributed by atoms with van der Waals surface area (Å²) in [6, 6.07) is 7.79. The average Bonchev–Trinajstić information content (AvgIpc) is 2.15. The summed E-state index contributed by atoms with van der Waals surface area (Å²) in [5.41, 5.74) is 0. The Kier molecular flexibility index (Phi) is 4.42. The second-order valence-corrected chi connectivity index (χ2v) is 3.39. The zero-order chi connectivity index (χ0) is 9.52. The lowest BCUT2D eigenvalue weighted by Crippen LogP contribution is -1.95. The van der Waals surface area contributed by atoms with Crippen molar-refractivity contribution in [3.8, 4) is 17.6 Å². The third kappa shape index (κ3) is 4.00. The summed E-state index contributed by atoms with van der Waals surface area (Å²) in [6.45, 7) is 2.49. The van der Waals surface area contributed by atoms with Crippen molar-refractivity contribution >= 4 is 15.9 Å². The summed E-state index contributed by atoms with van der Waals surface area (Å²) in [5, 5.41) is 0. The maximum atomic E-state index is 5.44. The number of ether oxygens (including phenoxy) is 1. The first-order chi connectivity index (χ1) is 6.33. The first-order valence-electron chi connectivity index (χ1n) is 4.11. The lowest BCUT2D eigenvalue weighted by atomic mass is 10.3. The van der Waals surface area contributed by atoms with Gasteiger partial charge in [-0.25, -0.2) is 0 Å². The molecule has 0 heterocycles. The minimum absolute atomic E-state index is 0.655. The van der Waals surface area contributed by atoms with Gasteiger partial charge in [-0.15, -0.1) is 11.8 Å². The van der Waals surface area contributed by atoms with Crippen LogP contribution >= 0.6 is 15.9 Å². The molecule has 1 nitrogen and oxygen atoms in total. The number of rotatable bonds is 3. The second kappa shape index (κ2) is 5.66. The normalized spacial score (nSPS) is 8.77. The molecule has 0 N–H and O–H groups in total. The Bertz CT molecular complexity index is 305. The SMILES string of the molecule is CC#CCCOc1ccc(Br)cc1. The fraction of sp³-hybridized carbons (Fsp3) is 0.273. The van der Waals surface area contributed by atoms with E-state index in [1.54, 1.807) is 0 Å². The molecule has 0 spiro atoms. The van der Waals surface area contributed by atoms with Gasteiger partial charge < -0.3 is 4.74 Å². The molecule has 0 bridgehead atoms. The summed E-state index contributed by atoms with van der Waals surface area (Å²) in [5.74, 6) is 6.66. The standard InChI is InChI=1S/C11H11BrO/c1-2-3-4-9-13-11-7-5-10(12)6-8-11/h5-8H,4,9H2,1H3. The predicted molar refractivity (Wildman–Crippen MR) is 57.7 cm³/mol. The number of hydrogen-bond acceptors (Lipinski definition) is 1. The molecule has 0 fully saturated rings. The molecule has 0 radical (unpaired) electrons. The zero-order valence-corrected chi connectivity index (χ0v) is 9.10. The lowest BCUT2D eigenvalue weighted by Gasteiger charge is -2.02. The highest BCUT2D eigenvalue weighted by molar-refractivity contribution is 9.10. The van der Waals surface area contributed by atoms with Crippen molar-refractivity contribution in [3.63, 3.8) is 0 Å². The van der Waals surface area contributed by atoms with Crippen LogP contribution in [0.3, 0.4) is 0 Å². The van der Waals surface area contributed by atoms with Gasteiger partial charge in [-0.05, 0) is 31.2 Å². The van der Waals surface area contributed by atoms with Crippen LogP contribution in [0.2, 0.25) is 0 Å². The first-order valence-corrected chi connectivity index (χ1v) is 4.90. The minimum atomic E-state index is 0.655. The van der Waals surface area contributed by atoms with Gasteiger partial charge in [-0.2, -0.15) is 0 Å². The van der Waals surface area contributed by atoms with E-state index < -0.39 is 0 Å². The van der Waals surface area contributed by atoms with Crippen molar-refractivity contribution in [1.29, 1.82) is 0 Å². The average molecular weight is 239 g/mol. The van der Waals surface area contributed by atoms with E-state index in [9.17, 15) is 0 Å². The van der Waals surface area contributed by atoms with Crippen LogP contribution in [0.25, 0.3) is 0 Å². The Morgan fingerprint density at radius 1 is 1.31 bits per heavy atom. The predicted octanol–water partition coefficient (Wildman–Crippen LogP) is 3.24. The van der Waals surface area contributed by atoms with Gasteiger partial charge in [0.1, 0.15) is 5.75 Å². The summed E-state index contributed by atoms with van der Waals surface area (Å²) in [7, 11) is 0. The van der Waals surface area contributed by atoms with Gasteiger partial charge in [0, 0.05) is 10.9 Å². The van der Waals surface area contributed by atoms with Gasteiger partial charge in [0.05, 0.1) is 6.61 Å². The van der Waals surface area contributed by atoms with Crippen molar-refractivity contribution in [2.75, 3.05) is 6.61 Å². The third-order valence-electron chi connectivity index (χ3n) is 1.49. The molecule has 0 atom stereocenters. The van der Waals surface area contributed by atoms with E-state index in [2.05, 4.69) is 27.8 Å². The summed E-state index contributed by atoms with van der Waals surface area (Å²) in [4.78, 5) is 0. The Balaban J connectivity index is 2.36. The highest BCUT2D eigenvalue weighted by Crippen LogP contribution is 2.15. The van der Waals surface area contributed by atoms with Crippen LogP contribution in [0.15, 0.2) is 28.7 Å². The maximum absolute atomic E-state index is 5.44. The molecule has 68 valence electrons. The van der Waals surface area contributed by atoms with Crippen LogP contribution in [0.4, 0.5) is 0 Å². The molecule has 0 aliphatic carbocycles. The van der Waals surface area contributed by atoms with Gasteiger partial charge in [0.2, 0.25) is 0 Å². The van der Waals surface area contributed by atoms with Crippen LogP contribution in [0, 0.1) is 11.8 Å². The molecule has 0 aliphatic rings. The molecular formula is C11H11BrO. The van der Waals surface area contributed by atoms with E-state index in [-0.39, 0.29) is 0 Å². The molecule has 1 aromatic rings. The molecule has 0 aliphatic heterocycles. The molecule has 0 amide bonds. The van der Waals surface area contributed by atoms with Gasteiger partial charge in [-0.3, -0.25) is 0 Å². The zero-order valence-electron chi connectivity index (χ0n) is 7.51. The van der Waals surface area contributed by atoms with Crippen molar-refractivity contribution in [2.24, 2.45) is 0 Å². The third-order valence-corrected chi connectivity index (χ3v) is 2.01. The smallest absolute Gasteiger partial charge is 0.119 e. The van der Waals surface area contributed by atoms with E-state index in [4.69, 9.17) is 4.74 Å². The fourth-order valence-corrected chi connectivity index (χ4v) is 1.14. The van der Waals surface area contributed by atoms with Crippen molar-refractivity contribution in [2.45, 2.75) is 13.3 Å². The van der Waals surface area contributed by atoms with Crippen molar-refractivity contribution in [1.82, 2.24) is 0 Å². The molecule has 0 saturated heterocycles. The van der Waals surface area contributed by atoms with Crippen LogP contribution in [-0.2, 0) is 0 Å². The molecule has 1 rings (SSSR count). The van der Waals surface area contributed by atoms with E-state index in [1.807, 2.05) is 31.2 Å². The van der Waals surface area contributed by atoms with Gasteiger partial charge in [0.15, 0.2) is 0 Å². The van der Waals surface area contributed by atoms with Crippen LogP contribution in [-0.4, -0.2) is 6.61 Å². The van der Waals surface area contributed by atoms with Crippen LogP contribution in [0.1, 0.15) is 13.3 Å². The Labute approximate surface area is 87.2 Å². The Morgan fingerprint density at radius 2 is 2.00 bits per heavy atom. The highest BCUT2D eigenvalue weighted by atomic mass is 79.9. The number of benzene rings is 1. The van der Waals surface area contributed by atoms with Gasteiger partial charge in [-0.1, -0.05) is 15.9 Å². The lowest BCUT2D eigenvalue weighted by molar-refractivity contribution is 0.327. The fourth-order valence-electron chi connectivity index (χ4n) is 0.876. The monoisotopic (exact) mass is 238 g/mol. The van der Waals surface area contributed by atoms with E-state index >= 15 is 0 Å². The minimum Gasteiger partial charge on any atom is -0.493 e. The summed E-state index contributed by atoms with van der Waals surface area (Å²) >= 11 is 3.36. The first kappa shape index (κ1) is 10.1. The topological polar surface area (TPSA) is 9.23 Å². The van der Waals surface area contributed by atoms with E-state index in [1.165, 1.54) is 0 Å². The van der Waals surface area contributed by atoms with Gasteiger partial charge in [0.25, 0.3) is 0 Å². The van der Waals surface area contributed by atoms with Gasteiger partial charge >= 0.3 is 0 Å². The summed E-state index contributed by atoms with van der Waals surface area (Å²) < 4.78 is 6.50. The molecule has 13 heavy (non-hydrogen) atoms. The molecule has 0 saturated carbocycles. The molecule has 2 heteroatoms. The maximum Gasteiger partial charge on any atom is 0.119 e. The largest absolute Gasteiger partial charge is 0.493 e. The summed E-state index contributed by atoms with van der Waals surface area (Å²) in [6.07, 6.45) is 0.784. The quantitative estimate of drug-likeness (QED) is 0.581.